The van der Waals surface area contributed by atoms with Crippen molar-refractivity contribution in [2.75, 3.05) is 13.6 Å². The van der Waals surface area contributed by atoms with E-state index in [0.29, 0.717) is 0 Å². The van der Waals surface area contributed by atoms with E-state index in [1.807, 2.05) is 13.1 Å². The summed E-state index contributed by atoms with van der Waals surface area (Å²) in [6, 6.07) is 0. The van der Waals surface area contributed by atoms with Crippen LogP contribution in [0.2, 0.25) is 0 Å². The summed E-state index contributed by atoms with van der Waals surface area (Å²) in [7, 11) is 1.87. The van der Waals surface area contributed by atoms with Crippen LogP contribution in [0.1, 0.15) is 0 Å². The van der Waals surface area contributed by atoms with Gasteiger partial charge < -0.3 is 5.32 Å². The highest BCUT2D eigenvalue weighted by Crippen LogP contribution is 1.62. The first-order valence-electron chi connectivity index (χ1n) is 2.54. The van der Waals surface area contributed by atoms with E-state index in [4.69, 9.17) is 0 Å². The Morgan fingerprint density at radius 1 is 1.78 bits per heavy atom. The van der Waals surface area contributed by atoms with E-state index >= 15 is 0 Å². The summed E-state index contributed by atoms with van der Waals surface area (Å²) < 4.78 is 0. The van der Waals surface area contributed by atoms with Gasteiger partial charge in [0.15, 0.2) is 0 Å². The minimum Gasteiger partial charge on any atom is -0.316 e. The van der Waals surface area contributed by atoms with Crippen molar-refractivity contribution in [2.24, 2.45) is 5.10 Å². The number of hydrogen-bond donors (Lipinski definition) is 2. The second-order valence-electron chi connectivity index (χ2n) is 1.29. The van der Waals surface area contributed by atoms with Gasteiger partial charge in [-0.15, -0.1) is 5.10 Å². The van der Waals surface area contributed by atoms with Gasteiger partial charge in [0.25, 0.3) is 0 Å². The molecule has 0 aromatic carbocycles. The fraction of sp³-hybridized carbons (Fsp3) is 0.400. The summed E-state index contributed by atoms with van der Waals surface area (Å²) in [6.07, 6.45) is 3.58. The van der Waals surface area contributed by atoms with Gasteiger partial charge in [-0.25, -0.2) is 0 Å². The Bertz CT molecular complexity index is 126. The van der Waals surface area contributed by atoms with Gasteiger partial charge in [-0.1, -0.05) is 6.08 Å². The molecule has 0 saturated carbocycles. The molecule has 0 aliphatic rings. The second-order valence-corrected chi connectivity index (χ2v) is 1.47. The zero-order chi connectivity index (χ0) is 6.95. The Kier molecular flexibility index (Phi) is 6.73. The minimum absolute atomic E-state index is 0.819. The number of rotatable bonds is 4. The number of hydrazone groups is 1. The van der Waals surface area contributed by atoms with Gasteiger partial charge in [0, 0.05) is 12.7 Å². The molecular formula is C5H9N3S. The predicted octanol–water partition coefficient (Wildman–Crippen LogP) is 0.327. The number of likely N-dealkylation sites (N-methyl/N-ethyl adjacent to an activating group) is 1. The topological polar surface area (TPSA) is 36.4 Å². The van der Waals surface area contributed by atoms with Gasteiger partial charge in [0.1, 0.15) is 0 Å². The molecule has 0 bridgehead atoms. The van der Waals surface area contributed by atoms with Crippen molar-refractivity contribution in [3.63, 3.8) is 0 Å². The van der Waals surface area contributed by atoms with Gasteiger partial charge in [-0.05, 0) is 19.3 Å². The van der Waals surface area contributed by atoms with E-state index in [0.717, 1.165) is 6.54 Å². The zero-order valence-corrected chi connectivity index (χ0v) is 6.03. The lowest BCUT2D eigenvalue weighted by Crippen LogP contribution is -2.05. The number of isothiocyanates is 1. The van der Waals surface area contributed by atoms with Crippen LogP contribution in [0.15, 0.2) is 17.4 Å². The summed E-state index contributed by atoms with van der Waals surface area (Å²) in [6.45, 7) is 0.819. The average molecular weight is 143 g/mol. The number of thiocarbonyl (C=S) groups is 1. The first kappa shape index (κ1) is 8.30. The smallest absolute Gasteiger partial charge is 0.0847 e. The van der Waals surface area contributed by atoms with Crippen LogP contribution in [0.25, 0.3) is 0 Å². The fourth-order valence-corrected chi connectivity index (χ4v) is 0.346. The van der Waals surface area contributed by atoms with Gasteiger partial charge >= 0.3 is 0 Å². The zero-order valence-electron chi connectivity index (χ0n) is 5.22. The third-order valence-corrected chi connectivity index (χ3v) is 0.716. The van der Waals surface area contributed by atoms with E-state index in [-0.39, 0.29) is 0 Å². The third-order valence-electron chi connectivity index (χ3n) is 0.625. The van der Waals surface area contributed by atoms with E-state index in [9.17, 15) is 0 Å². The fourth-order valence-electron chi connectivity index (χ4n) is 0.293. The van der Waals surface area contributed by atoms with Crippen molar-refractivity contribution in [1.29, 1.82) is 0 Å². The number of hydrogen-bond acceptors (Lipinski definition) is 4. The van der Waals surface area contributed by atoms with Crippen molar-refractivity contribution < 1.29 is 0 Å². The van der Waals surface area contributed by atoms with Crippen LogP contribution in [-0.4, -0.2) is 18.8 Å². The Hall–Kier alpha value is -0.700. The molecule has 4 heteroatoms. The van der Waals surface area contributed by atoms with Crippen LogP contribution < -0.4 is 10.7 Å². The van der Waals surface area contributed by atoms with E-state index < -0.39 is 0 Å². The highest BCUT2D eigenvalue weighted by molar-refractivity contribution is 7.78. The summed E-state index contributed by atoms with van der Waals surface area (Å²) >= 11 is 4.30. The summed E-state index contributed by atoms with van der Waals surface area (Å²) in [5.74, 6) is 0. The maximum Gasteiger partial charge on any atom is 0.0847 e. The molecule has 0 heterocycles. The van der Waals surface area contributed by atoms with Gasteiger partial charge in [-0.2, -0.15) is 0 Å². The van der Waals surface area contributed by atoms with Crippen LogP contribution in [0.4, 0.5) is 0 Å². The minimum atomic E-state index is 0.819. The maximum absolute atomic E-state index is 4.30. The lowest BCUT2D eigenvalue weighted by atomic mass is 10.6. The molecule has 0 atom stereocenters. The number of nitrogens with zero attached hydrogens (tertiary/aromatic N) is 1. The molecule has 9 heavy (non-hydrogen) atoms. The molecule has 0 aliphatic carbocycles. The first-order valence-corrected chi connectivity index (χ1v) is 2.94. The van der Waals surface area contributed by atoms with Crippen LogP contribution in [0, 0.1) is 0 Å². The first-order chi connectivity index (χ1) is 4.41. The lowest BCUT2D eigenvalue weighted by molar-refractivity contribution is 0.899. The van der Waals surface area contributed by atoms with Gasteiger partial charge in [0.05, 0.1) is 5.16 Å². The van der Waals surface area contributed by atoms with Crippen LogP contribution >= 0.6 is 12.2 Å². The molecule has 0 aliphatic heterocycles. The molecule has 0 amide bonds. The van der Waals surface area contributed by atoms with Gasteiger partial charge in [-0.3, -0.25) is 5.43 Å². The van der Waals surface area contributed by atoms with Crippen molar-refractivity contribution in [3.8, 4) is 0 Å². The third kappa shape index (κ3) is 7.30. The van der Waals surface area contributed by atoms with E-state index in [1.165, 1.54) is 0 Å². The molecule has 0 aromatic rings. The maximum atomic E-state index is 4.30. The van der Waals surface area contributed by atoms with Crippen LogP contribution in [0.5, 0.6) is 0 Å². The molecule has 0 unspecified atom stereocenters. The van der Waals surface area contributed by atoms with Crippen molar-refractivity contribution in [3.05, 3.63) is 12.3 Å². The highest BCUT2D eigenvalue weighted by Gasteiger charge is 1.66. The molecule has 2 N–H and O–H groups in total. The molecule has 0 spiro atoms. The molecule has 3 nitrogen and oxygen atoms in total. The Labute approximate surface area is 59.8 Å². The standard InChI is InChI=1S/C5H9N3S/c1-6-3-2-4-7-8-5-9/h2,4,6-7H,3H2,1H3/b4-2-. The SMILES string of the molecule is CNC/C=C\NN=C=S. The van der Waals surface area contributed by atoms with E-state index in [2.05, 4.69) is 33.2 Å². The van der Waals surface area contributed by atoms with E-state index in [1.54, 1.807) is 6.20 Å². The highest BCUT2D eigenvalue weighted by atomic mass is 32.1. The van der Waals surface area contributed by atoms with Gasteiger partial charge in [0.2, 0.25) is 0 Å². The molecular weight excluding hydrogens is 134 g/mol. The largest absolute Gasteiger partial charge is 0.316 e. The molecule has 0 rings (SSSR count). The van der Waals surface area contributed by atoms with Crippen molar-refractivity contribution >= 4 is 17.4 Å². The Morgan fingerprint density at radius 3 is 3.11 bits per heavy atom. The quantitative estimate of drug-likeness (QED) is 0.338. The average Bonchev–Trinajstić information content (AvgIpc) is 1.89. The second kappa shape index (κ2) is 7.30. The molecule has 0 aromatic heterocycles. The normalized spacial score (nSPS) is 9.00. The summed E-state index contributed by atoms with van der Waals surface area (Å²) in [5.41, 5.74) is 2.56. The molecule has 0 radical (unpaired) electrons. The lowest BCUT2D eigenvalue weighted by Gasteiger charge is -1.86. The molecule has 0 fully saturated rings. The molecule has 50 valence electrons. The monoisotopic (exact) mass is 143 g/mol. The van der Waals surface area contributed by atoms with Crippen molar-refractivity contribution in [2.45, 2.75) is 0 Å². The number of nitrogens with one attached hydrogen (secondary N) is 2. The Balaban J connectivity index is 3.14. The summed E-state index contributed by atoms with van der Waals surface area (Å²) in [5, 5.41) is 8.54. The van der Waals surface area contributed by atoms with Crippen LogP contribution in [-0.2, 0) is 0 Å². The predicted molar refractivity (Wildman–Crippen MR) is 41.2 cm³/mol. The van der Waals surface area contributed by atoms with Crippen molar-refractivity contribution in [1.82, 2.24) is 10.7 Å². The molecule has 0 saturated heterocycles. The summed E-state index contributed by atoms with van der Waals surface area (Å²) in [4.78, 5) is 0. The Morgan fingerprint density at radius 2 is 2.56 bits per heavy atom. The van der Waals surface area contributed by atoms with Crippen LogP contribution in [0.3, 0.4) is 0 Å².